The lowest BCUT2D eigenvalue weighted by atomic mass is 9.97. The summed E-state index contributed by atoms with van der Waals surface area (Å²) in [5, 5.41) is 0. The standard InChI is InChI=1S/C19H19NO2/c1-12-9-13(2)18(14(3)10-12)20-17(21)11-16(19(20)22)15-7-5-4-6-8-15/h4-10,16H,11H2,1-3H3/t16-/m0/s1. The molecule has 3 rings (SSSR count). The molecule has 1 heterocycles. The number of nitrogens with zero attached hydrogens (tertiary/aromatic N) is 1. The summed E-state index contributed by atoms with van der Waals surface area (Å²) in [7, 11) is 0. The van der Waals surface area contributed by atoms with Crippen molar-refractivity contribution in [3.8, 4) is 0 Å². The zero-order chi connectivity index (χ0) is 15.9. The predicted molar refractivity (Wildman–Crippen MR) is 86.9 cm³/mol. The lowest BCUT2D eigenvalue weighted by Crippen LogP contribution is -2.31. The van der Waals surface area contributed by atoms with E-state index in [-0.39, 0.29) is 24.2 Å². The Labute approximate surface area is 130 Å². The van der Waals surface area contributed by atoms with E-state index in [0.717, 1.165) is 27.9 Å². The Kier molecular flexibility index (Phi) is 3.57. The van der Waals surface area contributed by atoms with E-state index >= 15 is 0 Å². The summed E-state index contributed by atoms with van der Waals surface area (Å²) in [5.41, 5.74) is 4.73. The summed E-state index contributed by atoms with van der Waals surface area (Å²) < 4.78 is 0. The Hall–Kier alpha value is -2.42. The Morgan fingerprint density at radius 2 is 1.55 bits per heavy atom. The minimum absolute atomic E-state index is 0.117. The monoisotopic (exact) mass is 293 g/mol. The fraction of sp³-hybridized carbons (Fsp3) is 0.263. The molecule has 112 valence electrons. The molecule has 2 aromatic rings. The van der Waals surface area contributed by atoms with Gasteiger partial charge in [0, 0.05) is 6.42 Å². The number of aryl methyl sites for hydroxylation is 3. The number of amides is 2. The van der Waals surface area contributed by atoms with E-state index < -0.39 is 0 Å². The average molecular weight is 293 g/mol. The molecule has 0 spiro atoms. The van der Waals surface area contributed by atoms with E-state index in [1.807, 2.05) is 63.2 Å². The van der Waals surface area contributed by atoms with E-state index in [9.17, 15) is 9.59 Å². The fourth-order valence-electron chi connectivity index (χ4n) is 3.34. The molecule has 1 saturated heterocycles. The van der Waals surface area contributed by atoms with Gasteiger partial charge in [-0.15, -0.1) is 0 Å². The number of benzene rings is 2. The molecular formula is C19H19NO2. The first-order valence-electron chi connectivity index (χ1n) is 7.48. The quantitative estimate of drug-likeness (QED) is 0.792. The van der Waals surface area contributed by atoms with Crippen LogP contribution in [0.15, 0.2) is 42.5 Å². The van der Waals surface area contributed by atoms with Gasteiger partial charge in [0.2, 0.25) is 11.8 Å². The third-order valence-electron chi connectivity index (χ3n) is 4.21. The number of hydrogen-bond donors (Lipinski definition) is 0. The van der Waals surface area contributed by atoms with E-state index in [4.69, 9.17) is 0 Å². The number of imide groups is 1. The van der Waals surface area contributed by atoms with Crippen molar-refractivity contribution in [2.24, 2.45) is 0 Å². The average Bonchev–Trinajstić information content (AvgIpc) is 2.75. The maximum atomic E-state index is 12.8. The third kappa shape index (κ3) is 2.33. The molecule has 2 amide bonds. The van der Waals surface area contributed by atoms with Crippen molar-refractivity contribution in [1.29, 1.82) is 0 Å². The Morgan fingerprint density at radius 3 is 2.14 bits per heavy atom. The molecule has 0 aliphatic carbocycles. The van der Waals surface area contributed by atoms with Crippen LogP contribution in [0.5, 0.6) is 0 Å². The van der Waals surface area contributed by atoms with Crippen LogP contribution in [-0.4, -0.2) is 11.8 Å². The van der Waals surface area contributed by atoms with Crippen LogP contribution in [0.4, 0.5) is 5.69 Å². The fourth-order valence-corrected chi connectivity index (χ4v) is 3.34. The topological polar surface area (TPSA) is 37.4 Å². The van der Waals surface area contributed by atoms with Crippen LogP contribution in [-0.2, 0) is 9.59 Å². The minimum atomic E-state index is -0.367. The van der Waals surface area contributed by atoms with Crippen molar-refractivity contribution >= 4 is 17.5 Å². The molecular weight excluding hydrogens is 274 g/mol. The van der Waals surface area contributed by atoms with Gasteiger partial charge in [-0.1, -0.05) is 48.0 Å². The molecule has 3 heteroatoms. The van der Waals surface area contributed by atoms with Gasteiger partial charge >= 0.3 is 0 Å². The molecule has 0 saturated carbocycles. The second-order valence-electron chi connectivity index (χ2n) is 5.98. The summed E-state index contributed by atoms with van der Waals surface area (Å²) >= 11 is 0. The van der Waals surface area contributed by atoms with Gasteiger partial charge in [-0.05, 0) is 37.5 Å². The molecule has 1 aliphatic rings. The van der Waals surface area contributed by atoms with Gasteiger partial charge in [0.05, 0.1) is 11.6 Å². The summed E-state index contributed by atoms with van der Waals surface area (Å²) in [6.07, 6.45) is 0.246. The van der Waals surface area contributed by atoms with Crippen LogP contribution in [0.1, 0.15) is 34.6 Å². The van der Waals surface area contributed by atoms with Gasteiger partial charge in [0.15, 0.2) is 0 Å². The highest BCUT2D eigenvalue weighted by molar-refractivity contribution is 6.23. The molecule has 3 nitrogen and oxygen atoms in total. The number of hydrogen-bond acceptors (Lipinski definition) is 2. The second-order valence-corrected chi connectivity index (χ2v) is 5.98. The SMILES string of the molecule is Cc1cc(C)c(N2C(=O)C[C@@H](c3ccccc3)C2=O)c(C)c1. The highest BCUT2D eigenvalue weighted by Gasteiger charge is 2.41. The lowest BCUT2D eigenvalue weighted by molar-refractivity contribution is -0.121. The first-order chi connectivity index (χ1) is 10.5. The molecule has 0 unspecified atom stereocenters. The van der Waals surface area contributed by atoms with Gasteiger partial charge < -0.3 is 0 Å². The molecule has 22 heavy (non-hydrogen) atoms. The largest absolute Gasteiger partial charge is 0.274 e. The molecule has 0 bridgehead atoms. The van der Waals surface area contributed by atoms with Crippen LogP contribution >= 0.6 is 0 Å². The third-order valence-corrected chi connectivity index (χ3v) is 4.21. The first-order valence-corrected chi connectivity index (χ1v) is 7.48. The van der Waals surface area contributed by atoms with Gasteiger partial charge in [0.1, 0.15) is 0 Å². The minimum Gasteiger partial charge on any atom is -0.274 e. The first kappa shape index (κ1) is 14.5. The van der Waals surface area contributed by atoms with E-state index in [1.165, 1.54) is 4.90 Å². The molecule has 1 atom stereocenters. The molecule has 0 N–H and O–H groups in total. The van der Waals surface area contributed by atoms with Gasteiger partial charge in [-0.3, -0.25) is 9.59 Å². The zero-order valence-corrected chi connectivity index (χ0v) is 13.1. The normalized spacial score (nSPS) is 18.1. The van der Waals surface area contributed by atoms with Gasteiger partial charge in [-0.25, -0.2) is 4.90 Å². The van der Waals surface area contributed by atoms with Crippen LogP contribution < -0.4 is 4.90 Å². The zero-order valence-electron chi connectivity index (χ0n) is 13.1. The van der Waals surface area contributed by atoms with Crippen molar-refractivity contribution in [2.75, 3.05) is 4.90 Å². The summed E-state index contributed by atoms with van der Waals surface area (Å²) in [4.78, 5) is 26.7. The Balaban J connectivity index is 2.03. The highest BCUT2D eigenvalue weighted by Crippen LogP contribution is 2.36. The summed E-state index contributed by atoms with van der Waals surface area (Å²) in [6, 6.07) is 13.6. The number of rotatable bonds is 2. The summed E-state index contributed by atoms with van der Waals surface area (Å²) in [5.74, 6) is -0.603. The van der Waals surface area contributed by atoms with Crippen molar-refractivity contribution in [1.82, 2.24) is 0 Å². The Bertz CT molecular complexity index is 726. The van der Waals surface area contributed by atoms with Crippen LogP contribution in [0.3, 0.4) is 0 Å². The molecule has 0 aromatic heterocycles. The number of carbonyl (C=O) groups is 2. The second kappa shape index (κ2) is 5.41. The molecule has 1 aliphatic heterocycles. The maximum absolute atomic E-state index is 12.8. The van der Waals surface area contributed by atoms with Crippen molar-refractivity contribution in [2.45, 2.75) is 33.1 Å². The van der Waals surface area contributed by atoms with Crippen molar-refractivity contribution in [3.63, 3.8) is 0 Å². The summed E-state index contributed by atoms with van der Waals surface area (Å²) in [6.45, 7) is 5.92. The van der Waals surface area contributed by atoms with Crippen LogP contribution in [0.25, 0.3) is 0 Å². The Morgan fingerprint density at radius 1 is 0.955 bits per heavy atom. The maximum Gasteiger partial charge on any atom is 0.241 e. The molecule has 0 radical (unpaired) electrons. The van der Waals surface area contributed by atoms with Crippen molar-refractivity contribution < 1.29 is 9.59 Å². The van der Waals surface area contributed by atoms with E-state index in [1.54, 1.807) is 0 Å². The highest BCUT2D eigenvalue weighted by atomic mass is 16.2. The van der Waals surface area contributed by atoms with Gasteiger partial charge in [0.25, 0.3) is 0 Å². The lowest BCUT2D eigenvalue weighted by Gasteiger charge is -2.20. The van der Waals surface area contributed by atoms with Crippen LogP contribution in [0, 0.1) is 20.8 Å². The van der Waals surface area contributed by atoms with Crippen molar-refractivity contribution in [3.05, 3.63) is 64.7 Å². The van der Waals surface area contributed by atoms with Crippen LogP contribution in [0.2, 0.25) is 0 Å². The van der Waals surface area contributed by atoms with E-state index in [0.29, 0.717) is 0 Å². The number of anilines is 1. The predicted octanol–water partition coefficient (Wildman–Crippen LogP) is 3.66. The smallest absolute Gasteiger partial charge is 0.241 e. The molecule has 2 aromatic carbocycles. The molecule has 1 fully saturated rings. The number of carbonyl (C=O) groups excluding carboxylic acids is 2. The van der Waals surface area contributed by atoms with E-state index in [2.05, 4.69) is 0 Å². The van der Waals surface area contributed by atoms with Gasteiger partial charge in [-0.2, -0.15) is 0 Å².